The van der Waals surface area contributed by atoms with Crippen LogP contribution in [0.5, 0.6) is 0 Å². The van der Waals surface area contributed by atoms with Crippen molar-refractivity contribution < 1.29 is 0 Å². The quantitative estimate of drug-likeness (QED) is 0.860. The smallest absolute Gasteiger partial charge is 0.131 e. The van der Waals surface area contributed by atoms with Crippen LogP contribution in [0.25, 0.3) is 11.3 Å². The summed E-state index contributed by atoms with van der Waals surface area (Å²) in [5.41, 5.74) is 8.30. The number of imidazole rings is 1. The average molecular weight is 350 g/mol. The van der Waals surface area contributed by atoms with Crippen LogP contribution in [0, 0.1) is 5.92 Å². The largest absolute Gasteiger partial charge is 0.383 e. The molecular weight excluding hydrogens is 326 g/mol. The van der Waals surface area contributed by atoms with Crippen molar-refractivity contribution in [2.45, 2.75) is 46.6 Å². The lowest BCUT2D eigenvalue weighted by molar-refractivity contribution is 0.455. The summed E-state index contributed by atoms with van der Waals surface area (Å²) in [7, 11) is 0. The SMILES string of the molecule is CC(C)Cn1c(C(C)(C)C)nc(-c2ccccc2Br)c1N. The summed E-state index contributed by atoms with van der Waals surface area (Å²) in [5.74, 6) is 2.31. The predicted molar refractivity (Wildman–Crippen MR) is 93.3 cm³/mol. The van der Waals surface area contributed by atoms with Crippen LogP contribution in [0.1, 0.15) is 40.4 Å². The van der Waals surface area contributed by atoms with Crippen molar-refractivity contribution >= 4 is 21.7 Å². The molecule has 0 radical (unpaired) electrons. The standard InChI is InChI=1S/C17H24BrN3/c1-11(2)10-21-15(19)14(20-16(21)17(3,4)5)12-8-6-7-9-13(12)18/h6-9,11H,10,19H2,1-5H3. The highest BCUT2D eigenvalue weighted by Gasteiger charge is 2.26. The van der Waals surface area contributed by atoms with Crippen LogP contribution in [0.3, 0.4) is 0 Å². The minimum atomic E-state index is -0.0392. The molecule has 0 bridgehead atoms. The molecule has 1 aromatic carbocycles. The second kappa shape index (κ2) is 5.84. The third kappa shape index (κ3) is 3.31. The highest BCUT2D eigenvalue weighted by Crippen LogP contribution is 2.35. The topological polar surface area (TPSA) is 43.8 Å². The number of hydrogen-bond acceptors (Lipinski definition) is 2. The molecule has 114 valence electrons. The fourth-order valence-electron chi connectivity index (χ4n) is 2.44. The molecule has 0 aliphatic carbocycles. The Bertz CT molecular complexity index is 636. The van der Waals surface area contributed by atoms with Gasteiger partial charge in [-0.2, -0.15) is 0 Å². The van der Waals surface area contributed by atoms with Crippen molar-refractivity contribution in [1.29, 1.82) is 0 Å². The molecule has 0 atom stereocenters. The lowest BCUT2D eigenvalue weighted by atomic mass is 9.95. The first-order valence-corrected chi connectivity index (χ1v) is 8.12. The van der Waals surface area contributed by atoms with Crippen LogP contribution in [-0.4, -0.2) is 9.55 Å². The summed E-state index contributed by atoms with van der Waals surface area (Å²) >= 11 is 3.60. The van der Waals surface area contributed by atoms with Gasteiger partial charge in [-0.15, -0.1) is 0 Å². The van der Waals surface area contributed by atoms with Gasteiger partial charge in [-0.25, -0.2) is 4.98 Å². The van der Waals surface area contributed by atoms with E-state index in [0.717, 1.165) is 33.9 Å². The molecule has 0 amide bonds. The Labute approximate surface area is 135 Å². The lowest BCUT2D eigenvalue weighted by Crippen LogP contribution is -2.21. The number of halogens is 1. The van der Waals surface area contributed by atoms with Gasteiger partial charge in [0.05, 0.1) is 0 Å². The van der Waals surface area contributed by atoms with E-state index in [0.29, 0.717) is 5.92 Å². The molecule has 1 heterocycles. The van der Waals surface area contributed by atoms with Crippen LogP contribution in [0.4, 0.5) is 5.82 Å². The molecular formula is C17H24BrN3. The number of benzene rings is 1. The molecule has 0 aliphatic rings. The molecule has 2 N–H and O–H groups in total. The van der Waals surface area contributed by atoms with E-state index in [1.807, 2.05) is 18.2 Å². The summed E-state index contributed by atoms with van der Waals surface area (Å²) in [6.07, 6.45) is 0. The highest BCUT2D eigenvalue weighted by molar-refractivity contribution is 9.10. The van der Waals surface area contributed by atoms with Gasteiger partial charge >= 0.3 is 0 Å². The number of aromatic nitrogens is 2. The summed E-state index contributed by atoms with van der Waals surface area (Å²) in [6.45, 7) is 11.8. The molecule has 0 unspecified atom stereocenters. The van der Waals surface area contributed by atoms with Gasteiger partial charge in [-0.05, 0) is 12.0 Å². The zero-order valence-electron chi connectivity index (χ0n) is 13.4. The van der Waals surface area contributed by atoms with Crippen LogP contribution >= 0.6 is 15.9 Å². The van der Waals surface area contributed by atoms with Gasteiger partial charge in [0.25, 0.3) is 0 Å². The maximum absolute atomic E-state index is 6.43. The Morgan fingerprint density at radius 2 is 1.86 bits per heavy atom. The third-order valence-corrected chi connectivity index (χ3v) is 4.05. The Balaban J connectivity index is 2.65. The van der Waals surface area contributed by atoms with Gasteiger partial charge in [0.15, 0.2) is 0 Å². The Morgan fingerprint density at radius 3 is 2.38 bits per heavy atom. The maximum atomic E-state index is 6.43. The van der Waals surface area contributed by atoms with Crippen molar-refractivity contribution in [2.75, 3.05) is 5.73 Å². The van der Waals surface area contributed by atoms with Crippen molar-refractivity contribution in [3.8, 4) is 11.3 Å². The monoisotopic (exact) mass is 349 g/mol. The molecule has 4 heteroatoms. The fraction of sp³-hybridized carbons (Fsp3) is 0.471. The molecule has 0 saturated carbocycles. The summed E-state index contributed by atoms with van der Waals surface area (Å²) < 4.78 is 3.19. The molecule has 2 aromatic rings. The number of hydrogen-bond donors (Lipinski definition) is 1. The first-order chi connectivity index (χ1) is 9.71. The van der Waals surface area contributed by atoms with Gasteiger partial charge < -0.3 is 10.3 Å². The van der Waals surface area contributed by atoms with Crippen molar-refractivity contribution in [3.63, 3.8) is 0 Å². The average Bonchev–Trinajstić information content (AvgIpc) is 2.67. The van der Waals surface area contributed by atoms with E-state index in [1.165, 1.54) is 0 Å². The summed E-state index contributed by atoms with van der Waals surface area (Å²) in [4.78, 5) is 4.87. The second-order valence-electron chi connectivity index (χ2n) is 6.90. The van der Waals surface area contributed by atoms with Gasteiger partial charge in [-0.1, -0.05) is 68.7 Å². The Kier molecular flexibility index (Phi) is 4.47. The summed E-state index contributed by atoms with van der Waals surface area (Å²) in [6, 6.07) is 8.08. The van der Waals surface area contributed by atoms with E-state index >= 15 is 0 Å². The molecule has 21 heavy (non-hydrogen) atoms. The first-order valence-electron chi connectivity index (χ1n) is 7.33. The zero-order valence-corrected chi connectivity index (χ0v) is 15.0. The number of nitrogens with zero attached hydrogens (tertiary/aromatic N) is 2. The zero-order chi connectivity index (χ0) is 15.8. The molecule has 0 fully saturated rings. The van der Waals surface area contributed by atoms with Gasteiger partial charge in [0, 0.05) is 22.0 Å². The maximum Gasteiger partial charge on any atom is 0.131 e. The van der Waals surface area contributed by atoms with Gasteiger partial charge in [-0.3, -0.25) is 0 Å². The number of anilines is 1. The lowest BCUT2D eigenvalue weighted by Gasteiger charge is -2.21. The predicted octanol–water partition coefficient (Wildman–Crippen LogP) is 4.85. The van der Waals surface area contributed by atoms with E-state index in [1.54, 1.807) is 0 Å². The summed E-state index contributed by atoms with van der Waals surface area (Å²) in [5, 5.41) is 0. The van der Waals surface area contributed by atoms with Crippen molar-refractivity contribution in [3.05, 3.63) is 34.6 Å². The third-order valence-electron chi connectivity index (χ3n) is 3.35. The van der Waals surface area contributed by atoms with Gasteiger partial charge in [0.2, 0.25) is 0 Å². The van der Waals surface area contributed by atoms with Crippen LogP contribution in [0.15, 0.2) is 28.7 Å². The molecule has 0 spiro atoms. The molecule has 3 nitrogen and oxygen atoms in total. The van der Waals surface area contributed by atoms with E-state index in [4.69, 9.17) is 10.7 Å². The normalized spacial score (nSPS) is 12.1. The highest BCUT2D eigenvalue weighted by atomic mass is 79.9. The first kappa shape index (κ1) is 16.1. The van der Waals surface area contributed by atoms with E-state index < -0.39 is 0 Å². The van der Waals surface area contributed by atoms with E-state index in [9.17, 15) is 0 Å². The molecule has 1 aromatic heterocycles. The van der Waals surface area contributed by atoms with E-state index in [2.05, 4.69) is 61.2 Å². The van der Waals surface area contributed by atoms with Crippen molar-refractivity contribution in [1.82, 2.24) is 9.55 Å². The number of rotatable bonds is 3. The second-order valence-corrected chi connectivity index (χ2v) is 7.76. The Morgan fingerprint density at radius 1 is 1.24 bits per heavy atom. The molecule has 0 saturated heterocycles. The molecule has 2 rings (SSSR count). The van der Waals surface area contributed by atoms with Gasteiger partial charge in [0.1, 0.15) is 17.3 Å². The van der Waals surface area contributed by atoms with Crippen LogP contribution in [-0.2, 0) is 12.0 Å². The van der Waals surface area contributed by atoms with Crippen LogP contribution < -0.4 is 5.73 Å². The van der Waals surface area contributed by atoms with Crippen molar-refractivity contribution in [2.24, 2.45) is 5.92 Å². The minimum Gasteiger partial charge on any atom is -0.383 e. The number of nitrogen functional groups attached to an aromatic ring is 1. The molecule has 0 aliphatic heterocycles. The Hall–Kier alpha value is -1.29. The van der Waals surface area contributed by atoms with Crippen LogP contribution in [0.2, 0.25) is 0 Å². The van der Waals surface area contributed by atoms with E-state index in [-0.39, 0.29) is 5.41 Å². The number of nitrogens with two attached hydrogens (primary N) is 1. The minimum absolute atomic E-state index is 0.0392. The fourth-order valence-corrected chi connectivity index (χ4v) is 2.91.